The molecule has 16 N–H and O–H groups in total. The van der Waals surface area contributed by atoms with Gasteiger partial charge in [-0.15, -0.1) is 0 Å². The third kappa shape index (κ3) is 16.1. The minimum atomic E-state index is -5.17. The minimum Gasteiger partial charge on any atom is -0.726 e. The first-order chi connectivity index (χ1) is 45.3. The summed E-state index contributed by atoms with van der Waals surface area (Å²) in [5, 5.41) is 179. The van der Waals surface area contributed by atoms with E-state index in [1.165, 1.54) is 20.8 Å². The Labute approximate surface area is 590 Å². The molecule has 6 aliphatic heterocycles. The summed E-state index contributed by atoms with van der Waals surface area (Å²) in [5.74, 6) is -1.34. The fourth-order valence-electron chi connectivity index (χ4n) is 17.2. The first-order valence-corrected chi connectivity index (χ1v) is 35.2. The molecule has 560 valence electrons. The normalized spacial score (nSPS) is 51.0. The van der Waals surface area contributed by atoms with Crippen molar-refractivity contribution >= 4 is 16.2 Å². The van der Waals surface area contributed by atoms with E-state index in [2.05, 4.69) is 13.0 Å². The molecule has 4 unspecified atom stereocenters. The molecule has 6 heterocycles. The van der Waals surface area contributed by atoms with Crippen molar-refractivity contribution in [3.05, 3.63) is 11.6 Å². The van der Waals surface area contributed by atoms with Crippen molar-refractivity contribution in [3.8, 4) is 0 Å². The van der Waals surface area contributed by atoms with Gasteiger partial charge < -0.3 is 143 Å². The van der Waals surface area contributed by atoms with Crippen LogP contribution in [0.2, 0.25) is 0 Å². The van der Waals surface area contributed by atoms with E-state index in [9.17, 15) is 99.5 Å². The largest absolute Gasteiger partial charge is 1.00 e. The van der Waals surface area contributed by atoms with Gasteiger partial charge in [0.1, 0.15) is 128 Å². The zero-order valence-electron chi connectivity index (χ0n) is 56.7. The van der Waals surface area contributed by atoms with Gasteiger partial charge in [0.2, 0.25) is 10.4 Å². The number of carbonyl (C=O) groups is 1. The van der Waals surface area contributed by atoms with E-state index in [1.54, 1.807) is 6.92 Å². The molecule has 0 bridgehead atoms. The molecular formula is C63H103NaO33S. The molecule has 0 aromatic carbocycles. The summed E-state index contributed by atoms with van der Waals surface area (Å²) < 4.78 is 114. The van der Waals surface area contributed by atoms with Gasteiger partial charge in [-0.25, -0.2) is 8.42 Å². The molecule has 98 heavy (non-hydrogen) atoms. The minimum absolute atomic E-state index is 0. The molecule has 10 rings (SSSR count). The summed E-state index contributed by atoms with van der Waals surface area (Å²) in [6.45, 7) is 13.3. The SMILES string of the molecule is CC(C)[C@H](C)C(=O)CC(C)(O)[C@@H]1CC[C@@H]2[C@H]3C[C@H](O[C@@H]4O[C@@H](C)[C@@H](O)[C@H](O[C@@H]5OC[C@@H](O[C@@H]6O[C@@H](CO)[C@H](O)[C@H](O)C6O[C@@H]6O[C@@H](C)[C@H](O)[C@H](O[C@@H]7O[C@@H](CO)[C@H](O)[C@H](O)[C@@H]7O)[C@H]6O)[C@H](O)[C@@H]5O[C@@H]5OC(C)[C@@H](O)[C@H](O)[C@H]5O)C4O)[C@@H]4C[C@H](OS(=O)(=O)[O-])CC[C@@]4(C)C3=CC[C@]21C.[Na+]. The predicted molar refractivity (Wildman–Crippen MR) is 321 cm³/mol. The summed E-state index contributed by atoms with van der Waals surface area (Å²) in [6, 6.07) is 0. The van der Waals surface area contributed by atoms with Crippen LogP contribution in [0.1, 0.15) is 114 Å². The van der Waals surface area contributed by atoms with E-state index in [1.807, 2.05) is 27.7 Å². The fraction of sp³-hybridized carbons (Fsp3) is 0.952. The number of fused-ring (bicyclic) bond motifs is 5. The third-order valence-corrected chi connectivity index (χ3v) is 23.8. The topological polar surface area (TPSA) is 518 Å². The average molecular weight is 1440 g/mol. The van der Waals surface area contributed by atoms with Gasteiger partial charge in [-0.2, -0.15) is 0 Å². The average Bonchev–Trinajstić information content (AvgIpc) is 1.35. The van der Waals surface area contributed by atoms with Crippen molar-refractivity contribution in [1.29, 1.82) is 0 Å². The van der Waals surface area contributed by atoms with Crippen LogP contribution in [0, 0.1) is 46.3 Å². The molecule has 6 saturated heterocycles. The van der Waals surface area contributed by atoms with Crippen LogP contribution >= 0.6 is 0 Å². The predicted octanol–water partition coefficient (Wildman–Crippen LogP) is -7.95. The summed E-state index contributed by atoms with van der Waals surface area (Å²) in [6.07, 6.45) is -49.4. The van der Waals surface area contributed by atoms with Crippen molar-refractivity contribution in [2.75, 3.05) is 19.8 Å². The van der Waals surface area contributed by atoms with Gasteiger partial charge in [0.25, 0.3) is 0 Å². The Kier molecular flexibility index (Phi) is 26.5. The van der Waals surface area contributed by atoms with Crippen molar-refractivity contribution in [3.63, 3.8) is 0 Å². The van der Waals surface area contributed by atoms with Crippen LogP contribution in [-0.4, -0.2) is 316 Å². The molecule has 0 aromatic heterocycles. The van der Waals surface area contributed by atoms with E-state index in [0.29, 0.717) is 25.7 Å². The summed E-state index contributed by atoms with van der Waals surface area (Å²) in [7, 11) is -5.17. The number of hydrogen-bond donors (Lipinski definition) is 16. The monoisotopic (exact) mass is 1440 g/mol. The molecule has 39 atom stereocenters. The van der Waals surface area contributed by atoms with Crippen LogP contribution in [0.4, 0.5) is 0 Å². The van der Waals surface area contributed by atoms with Gasteiger partial charge in [0.05, 0.1) is 55.9 Å². The van der Waals surface area contributed by atoms with Crippen molar-refractivity contribution in [1.82, 2.24) is 0 Å². The van der Waals surface area contributed by atoms with Gasteiger partial charge in [-0.3, -0.25) is 8.98 Å². The number of ether oxygens (including phenoxy) is 12. The van der Waals surface area contributed by atoms with Gasteiger partial charge in [0, 0.05) is 12.3 Å². The number of ketones is 1. The molecule has 0 amide bonds. The van der Waals surface area contributed by atoms with Crippen LogP contribution in [0.25, 0.3) is 0 Å². The number of hydrogen-bond acceptors (Lipinski definition) is 33. The molecule has 35 heteroatoms. The number of rotatable bonds is 21. The van der Waals surface area contributed by atoms with Gasteiger partial charge in [0.15, 0.2) is 37.7 Å². The van der Waals surface area contributed by atoms with Crippen LogP contribution < -0.4 is 29.6 Å². The maximum atomic E-state index is 13.6. The molecule has 9 fully saturated rings. The zero-order valence-corrected chi connectivity index (χ0v) is 59.5. The van der Waals surface area contributed by atoms with E-state index in [-0.39, 0.29) is 90.6 Å². The zero-order chi connectivity index (χ0) is 71.2. The Morgan fingerprint density at radius 3 is 1.62 bits per heavy atom. The second-order valence-corrected chi connectivity index (χ2v) is 30.8. The maximum Gasteiger partial charge on any atom is 1.00 e. The molecule has 0 spiro atoms. The van der Waals surface area contributed by atoms with Crippen molar-refractivity contribution < 1.29 is 190 Å². The molecular weight excluding hydrogens is 1340 g/mol. The standard InChI is InChI=1S/C63H104O33S.Na/c1-22(2)23(3)32(66)18-63(9,80)37-11-10-29-28-17-33(31-16-27(96-97(81,82)83)12-14-61(31,7)30(28)13-15-62(29,37)8)88-57-49(78)52(40(69)25(5)86-57)93-59-53(94-55-47(76)44(73)38(67)24(4)85-55)43(72)36(21-84-59)91-60-54(46(75)42(71)35(20-65)90-60)95-58-50(79)51(39(68)26(6)87-58)92-56-48(77)45(74)41(70)34(19-64)89-56;/h13,22-29,31,33-60,64-65,67-80H,10-12,14-21H2,1-9H3,(H,81,82,83);/q;+1/p-1/t23-,24?,25-,26-,27+,28+,29+,31-,33-,34-,35-,36+,37+,38+,39-,40+,41-,42-,43-,44-,45-,46-,47+,48-,49?,50+,51-,52-,53-,54?,55-,56-,57-,58-,59-,60-,61-,62+,63?;/m0./s1. The Bertz CT molecular complexity index is 2790. The first kappa shape index (κ1) is 81.2. The van der Waals surface area contributed by atoms with Crippen LogP contribution in [0.3, 0.4) is 0 Å². The summed E-state index contributed by atoms with van der Waals surface area (Å²) >= 11 is 0. The van der Waals surface area contributed by atoms with Gasteiger partial charge in [-0.05, 0) is 113 Å². The van der Waals surface area contributed by atoms with E-state index in [0.717, 1.165) is 5.57 Å². The maximum absolute atomic E-state index is 13.6. The van der Waals surface area contributed by atoms with E-state index < -0.39 is 243 Å². The molecule has 10 aliphatic rings. The third-order valence-electron chi connectivity index (χ3n) is 23.3. The van der Waals surface area contributed by atoms with Crippen LogP contribution in [0.5, 0.6) is 0 Å². The van der Waals surface area contributed by atoms with Gasteiger partial charge in [-0.1, -0.05) is 46.3 Å². The number of carbonyl (C=O) groups excluding carboxylic acids is 1. The first-order valence-electron chi connectivity index (χ1n) is 33.8. The number of aliphatic hydroxyl groups excluding tert-OH is 15. The Balaban J connectivity index is 0.0000112. The Morgan fingerprint density at radius 1 is 0.582 bits per heavy atom. The van der Waals surface area contributed by atoms with E-state index >= 15 is 0 Å². The van der Waals surface area contributed by atoms with Crippen LogP contribution in [-0.2, 0) is 76.2 Å². The number of aliphatic hydroxyl groups is 16. The molecule has 0 aromatic rings. The van der Waals surface area contributed by atoms with Gasteiger partial charge >= 0.3 is 29.6 Å². The summed E-state index contributed by atoms with van der Waals surface area (Å²) in [4.78, 5) is 13.6. The molecule has 4 aliphatic carbocycles. The molecule has 3 saturated carbocycles. The van der Waals surface area contributed by atoms with Crippen molar-refractivity contribution in [2.45, 2.75) is 310 Å². The fourth-order valence-corrected chi connectivity index (χ4v) is 17.7. The van der Waals surface area contributed by atoms with E-state index in [4.69, 9.17) is 61.0 Å². The number of Topliss-reactive ketones (excluding diaryl/α,β-unsaturated/α-hetero) is 1. The second kappa shape index (κ2) is 31.9. The Morgan fingerprint density at radius 2 is 1.06 bits per heavy atom. The van der Waals surface area contributed by atoms with Crippen LogP contribution in [0.15, 0.2) is 11.6 Å². The van der Waals surface area contributed by atoms with Crippen molar-refractivity contribution in [2.24, 2.45) is 46.3 Å². The summed E-state index contributed by atoms with van der Waals surface area (Å²) in [5.41, 5.74) is -1.45. The smallest absolute Gasteiger partial charge is 0.726 e. The number of allylic oxidation sites excluding steroid dienone is 2. The molecule has 0 radical (unpaired) electrons. The quantitative estimate of drug-likeness (QED) is 0.0220. The Hall–Kier alpha value is -0.840. The molecule has 33 nitrogen and oxygen atoms in total. The second-order valence-electron chi connectivity index (χ2n) is 29.8.